The van der Waals surface area contributed by atoms with Crippen molar-refractivity contribution in [2.75, 3.05) is 18.0 Å². The summed E-state index contributed by atoms with van der Waals surface area (Å²) in [6.07, 6.45) is 0. The second-order valence-electron chi connectivity index (χ2n) is 4.38. The Hall–Kier alpha value is -2.53. The predicted molar refractivity (Wildman–Crippen MR) is 87.8 cm³/mol. The summed E-state index contributed by atoms with van der Waals surface area (Å²) in [5, 5.41) is 2.86. The van der Waals surface area contributed by atoms with E-state index >= 15 is 0 Å². The van der Waals surface area contributed by atoms with Crippen molar-refractivity contribution < 1.29 is 4.74 Å². The van der Waals surface area contributed by atoms with Crippen LogP contribution < -0.4 is 15.6 Å². The Morgan fingerprint density at radius 1 is 0.952 bits per heavy atom. The summed E-state index contributed by atoms with van der Waals surface area (Å²) in [6, 6.07) is 17.8. The minimum absolute atomic E-state index is 0.824. The molecule has 0 aliphatic heterocycles. The van der Waals surface area contributed by atoms with Crippen molar-refractivity contribution in [3.05, 3.63) is 60.0 Å². The van der Waals surface area contributed by atoms with Gasteiger partial charge in [-0.1, -0.05) is 30.3 Å². The monoisotopic (exact) mass is 297 g/mol. The first-order chi connectivity index (χ1) is 10.3. The minimum Gasteiger partial charge on any atom is -0.497 e. The number of rotatable bonds is 5. The number of ether oxygens (including phenoxy) is 1. The number of hydrogen-bond donors (Lipinski definition) is 2. The van der Waals surface area contributed by atoms with Gasteiger partial charge in [0.05, 0.1) is 18.5 Å². The first kappa shape index (κ1) is 13.5. The molecule has 3 aromatic rings. The molecule has 2 N–H and O–H groups in total. The molecule has 0 saturated carbocycles. The lowest BCUT2D eigenvalue weighted by molar-refractivity contribution is 0.415. The van der Waals surface area contributed by atoms with Crippen LogP contribution in [0.1, 0.15) is 0 Å². The first-order valence-electron chi connectivity index (χ1n) is 6.52. The molecular formula is C16H15N3OS. The fraction of sp³-hybridized carbons (Fsp3) is 0.0625. The number of benzene rings is 2. The lowest BCUT2D eigenvalue weighted by Crippen LogP contribution is -2.07. The summed E-state index contributed by atoms with van der Waals surface area (Å²) < 4.78 is 5.13. The third-order valence-corrected chi connectivity index (χ3v) is 3.74. The topological polar surface area (TPSA) is 46.2 Å². The van der Waals surface area contributed by atoms with Gasteiger partial charge in [0.15, 0.2) is 0 Å². The van der Waals surface area contributed by atoms with E-state index in [1.165, 1.54) is 0 Å². The van der Waals surface area contributed by atoms with Crippen LogP contribution in [0.2, 0.25) is 0 Å². The molecule has 0 spiro atoms. The first-order valence-corrected chi connectivity index (χ1v) is 7.40. The molecule has 0 radical (unpaired) electrons. The van der Waals surface area contributed by atoms with Crippen molar-refractivity contribution in [3.8, 4) is 17.0 Å². The Balaban J connectivity index is 1.64. The Morgan fingerprint density at radius 3 is 2.43 bits per heavy atom. The van der Waals surface area contributed by atoms with Gasteiger partial charge >= 0.3 is 0 Å². The molecule has 1 heterocycles. The van der Waals surface area contributed by atoms with Gasteiger partial charge in [0, 0.05) is 10.9 Å². The number of methoxy groups -OCH3 is 1. The zero-order chi connectivity index (χ0) is 14.5. The molecule has 0 unspecified atom stereocenters. The lowest BCUT2D eigenvalue weighted by Gasteiger charge is -2.07. The quantitative estimate of drug-likeness (QED) is 0.691. The van der Waals surface area contributed by atoms with Crippen LogP contribution in [0.3, 0.4) is 0 Å². The summed E-state index contributed by atoms with van der Waals surface area (Å²) in [5.41, 5.74) is 9.26. The van der Waals surface area contributed by atoms with Crippen LogP contribution in [-0.4, -0.2) is 12.1 Å². The summed E-state index contributed by atoms with van der Waals surface area (Å²) >= 11 is 1.56. The van der Waals surface area contributed by atoms with E-state index in [0.717, 1.165) is 27.8 Å². The van der Waals surface area contributed by atoms with Gasteiger partial charge < -0.3 is 4.74 Å². The molecule has 2 aromatic carbocycles. The summed E-state index contributed by atoms with van der Waals surface area (Å²) in [4.78, 5) is 4.55. The predicted octanol–water partition coefficient (Wildman–Crippen LogP) is 4.26. The molecule has 0 amide bonds. The summed E-state index contributed by atoms with van der Waals surface area (Å²) in [6.45, 7) is 0. The lowest BCUT2D eigenvalue weighted by atomic mass is 10.2. The zero-order valence-electron chi connectivity index (χ0n) is 11.5. The molecule has 0 aliphatic rings. The maximum Gasteiger partial charge on any atom is 0.202 e. The third kappa shape index (κ3) is 3.32. The Kier molecular flexibility index (Phi) is 4.02. The normalized spacial score (nSPS) is 10.1. The van der Waals surface area contributed by atoms with Crippen LogP contribution in [0.25, 0.3) is 11.3 Å². The number of hydrazine groups is 1. The summed E-state index contributed by atoms with van der Waals surface area (Å²) in [7, 11) is 1.65. The highest BCUT2D eigenvalue weighted by molar-refractivity contribution is 7.14. The van der Waals surface area contributed by atoms with Crippen molar-refractivity contribution in [1.82, 2.24) is 4.98 Å². The van der Waals surface area contributed by atoms with Gasteiger partial charge in [0.1, 0.15) is 5.75 Å². The van der Waals surface area contributed by atoms with Crippen molar-refractivity contribution >= 4 is 22.2 Å². The molecule has 5 heteroatoms. The average molecular weight is 297 g/mol. The van der Waals surface area contributed by atoms with Gasteiger partial charge in [-0.3, -0.25) is 10.9 Å². The molecule has 1 aromatic heterocycles. The van der Waals surface area contributed by atoms with Crippen molar-refractivity contribution in [1.29, 1.82) is 0 Å². The smallest absolute Gasteiger partial charge is 0.202 e. The highest BCUT2D eigenvalue weighted by Crippen LogP contribution is 2.24. The van der Waals surface area contributed by atoms with E-state index < -0.39 is 0 Å². The number of thiazole rings is 1. The minimum atomic E-state index is 0.824. The van der Waals surface area contributed by atoms with Crippen LogP contribution in [0.4, 0.5) is 10.8 Å². The molecule has 0 fully saturated rings. The van der Waals surface area contributed by atoms with E-state index in [4.69, 9.17) is 4.74 Å². The second-order valence-corrected chi connectivity index (χ2v) is 5.24. The van der Waals surface area contributed by atoms with Gasteiger partial charge in [0.2, 0.25) is 5.13 Å². The zero-order valence-corrected chi connectivity index (χ0v) is 12.4. The molecule has 0 saturated heterocycles. The maximum absolute atomic E-state index is 5.13. The van der Waals surface area contributed by atoms with Gasteiger partial charge in [0.25, 0.3) is 0 Å². The molecular weight excluding hydrogens is 282 g/mol. The Morgan fingerprint density at radius 2 is 1.71 bits per heavy atom. The number of nitrogens with one attached hydrogen (secondary N) is 2. The van der Waals surface area contributed by atoms with Crippen molar-refractivity contribution in [3.63, 3.8) is 0 Å². The molecule has 4 nitrogen and oxygen atoms in total. The third-order valence-electron chi connectivity index (χ3n) is 2.98. The SMILES string of the molecule is COc1ccc(NNc2nc(-c3ccccc3)cs2)cc1. The van der Waals surface area contributed by atoms with Crippen molar-refractivity contribution in [2.45, 2.75) is 0 Å². The highest BCUT2D eigenvalue weighted by Gasteiger charge is 2.03. The fourth-order valence-electron chi connectivity index (χ4n) is 1.87. The van der Waals surface area contributed by atoms with Crippen molar-refractivity contribution in [2.24, 2.45) is 0 Å². The van der Waals surface area contributed by atoms with E-state index in [1.807, 2.05) is 47.8 Å². The molecule has 0 aliphatic carbocycles. The van der Waals surface area contributed by atoms with E-state index in [-0.39, 0.29) is 0 Å². The van der Waals surface area contributed by atoms with Crippen LogP contribution in [0.15, 0.2) is 60.0 Å². The van der Waals surface area contributed by atoms with Crippen LogP contribution in [0.5, 0.6) is 5.75 Å². The van der Waals surface area contributed by atoms with E-state index in [0.29, 0.717) is 0 Å². The highest BCUT2D eigenvalue weighted by atomic mass is 32.1. The van der Waals surface area contributed by atoms with Gasteiger partial charge in [-0.25, -0.2) is 4.98 Å². The molecule has 3 rings (SSSR count). The number of nitrogens with zero attached hydrogens (tertiary/aromatic N) is 1. The maximum atomic E-state index is 5.13. The molecule has 0 bridgehead atoms. The van der Waals surface area contributed by atoms with Crippen LogP contribution >= 0.6 is 11.3 Å². The van der Waals surface area contributed by atoms with Gasteiger partial charge in [-0.05, 0) is 24.3 Å². The fourth-order valence-corrected chi connectivity index (χ4v) is 2.55. The number of aromatic nitrogens is 1. The van der Waals surface area contributed by atoms with E-state index in [9.17, 15) is 0 Å². The van der Waals surface area contributed by atoms with Gasteiger partial charge in [-0.2, -0.15) is 0 Å². The molecule has 106 valence electrons. The largest absolute Gasteiger partial charge is 0.497 e. The standard InChI is InChI=1S/C16H15N3OS/c1-20-14-9-7-13(8-10-14)18-19-16-17-15(11-21-16)12-5-3-2-4-6-12/h2-11,18H,1H3,(H,17,19). The Labute approximate surface area is 127 Å². The molecule has 0 atom stereocenters. The van der Waals surface area contributed by atoms with E-state index in [1.54, 1.807) is 18.4 Å². The van der Waals surface area contributed by atoms with Crippen LogP contribution in [0, 0.1) is 0 Å². The van der Waals surface area contributed by atoms with Gasteiger partial charge in [-0.15, -0.1) is 11.3 Å². The number of hydrogen-bond acceptors (Lipinski definition) is 5. The Bertz CT molecular complexity index is 695. The average Bonchev–Trinajstić information content (AvgIpc) is 3.03. The number of anilines is 2. The van der Waals surface area contributed by atoms with E-state index in [2.05, 4.69) is 28.0 Å². The second kappa shape index (κ2) is 6.28. The molecule has 21 heavy (non-hydrogen) atoms. The van der Waals surface area contributed by atoms with Crippen LogP contribution in [-0.2, 0) is 0 Å². The summed E-state index contributed by atoms with van der Waals surface area (Å²) in [5.74, 6) is 0.834.